The fourth-order valence-electron chi connectivity index (χ4n) is 2.59. The molecule has 0 radical (unpaired) electrons. The minimum absolute atomic E-state index is 0.0394. The number of hydrogen-bond donors (Lipinski definition) is 1. The van der Waals surface area contributed by atoms with Crippen molar-refractivity contribution in [1.29, 1.82) is 0 Å². The third kappa shape index (κ3) is 3.10. The SMILES string of the molecule is CS(=O)(=O)N1CCC[C@H]1C(=O)N1CCO[C@@H](C(=O)O)C1. The first-order chi connectivity index (χ1) is 9.30. The maximum Gasteiger partial charge on any atom is 0.334 e. The second-order valence-corrected chi connectivity index (χ2v) is 6.95. The molecule has 0 aliphatic carbocycles. The van der Waals surface area contributed by atoms with Crippen molar-refractivity contribution in [3.63, 3.8) is 0 Å². The van der Waals surface area contributed by atoms with E-state index in [1.807, 2.05) is 0 Å². The summed E-state index contributed by atoms with van der Waals surface area (Å²) in [5, 5.41) is 8.92. The zero-order chi connectivity index (χ0) is 14.9. The summed E-state index contributed by atoms with van der Waals surface area (Å²) in [7, 11) is -3.43. The van der Waals surface area contributed by atoms with Crippen LogP contribution in [0.5, 0.6) is 0 Å². The van der Waals surface area contributed by atoms with Crippen molar-refractivity contribution in [2.45, 2.75) is 25.0 Å². The fourth-order valence-corrected chi connectivity index (χ4v) is 3.71. The molecule has 1 N–H and O–H groups in total. The topological polar surface area (TPSA) is 104 Å². The van der Waals surface area contributed by atoms with Gasteiger partial charge in [-0.05, 0) is 12.8 Å². The van der Waals surface area contributed by atoms with Gasteiger partial charge in [0.15, 0.2) is 6.10 Å². The van der Waals surface area contributed by atoms with Crippen LogP contribution in [-0.2, 0) is 24.3 Å². The van der Waals surface area contributed by atoms with E-state index in [0.29, 0.717) is 19.4 Å². The number of carbonyl (C=O) groups excluding carboxylic acids is 1. The predicted octanol–water partition coefficient (Wildman–Crippen LogP) is -1.28. The van der Waals surface area contributed by atoms with Gasteiger partial charge in [0.1, 0.15) is 6.04 Å². The van der Waals surface area contributed by atoms with Crippen LogP contribution in [0.15, 0.2) is 0 Å². The van der Waals surface area contributed by atoms with Crippen LogP contribution in [0.25, 0.3) is 0 Å². The highest BCUT2D eigenvalue weighted by atomic mass is 32.2. The van der Waals surface area contributed by atoms with Crippen LogP contribution in [0.4, 0.5) is 0 Å². The van der Waals surface area contributed by atoms with Gasteiger partial charge in [0.2, 0.25) is 15.9 Å². The van der Waals surface area contributed by atoms with E-state index in [1.165, 1.54) is 9.21 Å². The lowest BCUT2D eigenvalue weighted by Gasteiger charge is -2.34. The minimum Gasteiger partial charge on any atom is -0.479 e. The van der Waals surface area contributed by atoms with E-state index in [2.05, 4.69) is 0 Å². The van der Waals surface area contributed by atoms with Crippen LogP contribution in [0.1, 0.15) is 12.8 Å². The average molecular weight is 306 g/mol. The van der Waals surface area contributed by atoms with Gasteiger partial charge in [0.05, 0.1) is 19.4 Å². The summed E-state index contributed by atoms with van der Waals surface area (Å²) in [5.74, 6) is -1.45. The van der Waals surface area contributed by atoms with Crippen molar-refractivity contribution in [3.8, 4) is 0 Å². The molecule has 2 saturated heterocycles. The lowest BCUT2D eigenvalue weighted by atomic mass is 10.1. The number of sulfonamides is 1. The summed E-state index contributed by atoms with van der Waals surface area (Å²) in [4.78, 5) is 24.7. The van der Waals surface area contributed by atoms with Crippen LogP contribution >= 0.6 is 0 Å². The standard InChI is InChI=1S/C11H18N2O6S/c1-20(17,18)13-4-2-3-8(13)10(14)12-5-6-19-9(7-12)11(15)16/h8-9H,2-7H2,1H3,(H,15,16)/t8-,9+/m0/s1. The van der Waals surface area contributed by atoms with Crippen LogP contribution in [-0.4, -0.2) is 79.2 Å². The first-order valence-corrected chi connectivity index (χ1v) is 8.25. The zero-order valence-electron chi connectivity index (χ0n) is 11.2. The summed E-state index contributed by atoms with van der Waals surface area (Å²) >= 11 is 0. The van der Waals surface area contributed by atoms with E-state index in [1.54, 1.807) is 0 Å². The number of morpholine rings is 1. The maximum atomic E-state index is 12.4. The Morgan fingerprint density at radius 1 is 1.30 bits per heavy atom. The Kier molecular flexibility index (Phi) is 4.31. The van der Waals surface area contributed by atoms with Gasteiger partial charge in [-0.25, -0.2) is 13.2 Å². The van der Waals surface area contributed by atoms with Gasteiger partial charge < -0.3 is 14.7 Å². The molecule has 2 aliphatic heterocycles. The van der Waals surface area contributed by atoms with Gasteiger partial charge in [-0.2, -0.15) is 4.31 Å². The number of hydrogen-bond acceptors (Lipinski definition) is 5. The first-order valence-electron chi connectivity index (χ1n) is 6.40. The van der Waals surface area contributed by atoms with Crippen LogP contribution in [0.2, 0.25) is 0 Å². The monoisotopic (exact) mass is 306 g/mol. The molecule has 0 aromatic carbocycles. The summed E-state index contributed by atoms with van der Waals surface area (Å²) in [6.45, 7) is 0.731. The van der Waals surface area contributed by atoms with E-state index in [9.17, 15) is 18.0 Å². The average Bonchev–Trinajstić information content (AvgIpc) is 2.87. The molecule has 20 heavy (non-hydrogen) atoms. The summed E-state index contributed by atoms with van der Waals surface area (Å²) in [5.41, 5.74) is 0. The highest BCUT2D eigenvalue weighted by Gasteiger charge is 2.40. The quantitative estimate of drug-likeness (QED) is 0.696. The summed E-state index contributed by atoms with van der Waals surface area (Å²) < 4.78 is 29.5. The number of amides is 1. The van der Waals surface area contributed by atoms with Crippen molar-refractivity contribution < 1.29 is 27.9 Å². The molecule has 2 rings (SSSR count). The van der Waals surface area contributed by atoms with E-state index < -0.39 is 28.1 Å². The molecular formula is C11H18N2O6S. The normalized spacial score (nSPS) is 28.6. The Morgan fingerprint density at radius 2 is 2.00 bits per heavy atom. The highest BCUT2D eigenvalue weighted by molar-refractivity contribution is 7.88. The molecule has 0 aromatic heterocycles. The maximum absolute atomic E-state index is 12.4. The van der Waals surface area contributed by atoms with Gasteiger partial charge in [0, 0.05) is 13.1 Å². The molecule has 2 aliphatic rings. The lowest BCUT2D eigenvalue weighted by molar-refractivity contribution is -0.160. The summed E-state index contributed by atoms with van der Waals surface area (Å²) in [6, 6.07) is -0.711. The highest BCUT2D eigenvalue weighted by Crippen LogP contribution is 2.23. The third-order valence-corrected chi connectivity index (χ3v) is 4.86. The molecule has 0 saturated carbocycles. The Morgan fingerprint density at radius 3 is 2.60 bits per heavy atom. The van der Waals surface area contributed by atoms with E-state index in [-0.39, 0.29) is 25.6 Å². The number of carboxylic acids is 1. The number of ether oxygens (including phenoxy) is 1. The number of aliphatic carboxylic acids is 1. The van der Waals surface area contributed by atoms with Crippen molar-refractivity contribution >= 4 is 21.9 Å². The lowest BCUT2D eigenvalue weighted by Crippen LogP contribution is -2.54. The largest absolute Gasteiger partial charge is 0.479 e. The van der Waals surface area contributed by atoms with E-state index in [4.69, 9.17) is 9.84 Å². The van der Waals surface area contributed by atoms with Gasteiger partial charge in [-0.15, -0.1) is 0 Å². The Hall–Kier alpha value is -1.19. The molecule has 9 heteroatoms. The molecule has 1 amide bonds. The Labute approximate surface area is 117 Å². The van der Waals surface area contributed by atoms with E-state index >= 15 is 0 Å². The molecule has 8 nitrogen and oxygen atoms in total. The number of carbonyl (C=O) groups is 2. The third-order valence-electron chi connectivity index (χ3n) is 3.57. The van der Waals surface area contributed by atoms with Gasteiger partial charge in [-0.3, -0.25) is 4.79 Å². The molecule has 2 fully saturated rings. The molecule has 0 unspecified atom stereocenters. The number of carboxylic acid groups (broad SMARTS) is 1. The molecular weight excluding hydrogens is 288 g/mol. The fraction of sp³-hybridized carbons (Fsp3) is 0.818. The number of rotatable bonds is 3. The molecule has 2 heterocycles. The van der Waals surface area contributed by atoms with Crippen LogP contribution in [0, 0.1) is 0 Å². The summed E-state index contributed by atoms with van der Waals surface area (Å²) in [6.07, 6.45) is 1.15. The van der Waals surface area contributed by atoms with Gasteiger partial charge >= 0.3 is 5.97 Å². The smallest absolute Gasteiger partial charge is 0.334 e. The van der Waals surface area contributed by atoms with Crippen molar-refractivity contribution in [3.05, 3.63) is 0 Å². The molecule has 114 valence electrons. The van der Waals surface area contributed by atoms with E-state index in [0.717, 1.165) is 6.26 Å². The first kappa shape index (κ1) is 15.2. The minimum atomic E-state index is -3.43. The molecule has 2 atom stereocenters. The number of nitrogens with zero attached hydrogens (tertiary/aromatic N) is 2. The Bertz CT molecular complexity index is 505. The van der Waals surface area contributed by atoms with Crippen molar-refractivity contribution in [1.82, 2.24) is 9.21 Å². The van der Waals surface area contributed by atoms with Gasteiger partial charge in [0.25, 0.3) is 0 Å². The van der Waals surface area contributed by atoms with Crippen molar-refractivity contribution in [2.75, 3.05) is 32.5 Å². The van der Waals surface area contributed by atoms with Crippen LogP contribution in [0.3, 0.4) is 0 Å². The van der Waals surface area contributed by atoms with Crippen molar-refractivity contribution in [2.24, 2.45) is 0 Å². The second-order valence-electron chi connectivity index (χ2n) is 5.01. The molecule has 0 spiro atoms. The second kappa shape index (κ2) is 5.66. The zero-order valence-corrected chi connectivity index (χ0v) is 12.0. The predicted molar refractivity (Wildman–Crippen MR) is 68.5 cm³/mol. The van der Waals surface area contributed by atoms with Gasteiger partial charge in [-0.1, -0.05) is 0 Å². The Balaban J connectivity index is 2.09. The molecule has 0 bridgehead atoms. The molecule has 0 aromatic rings. The van der Waals surface area contributed by atoms with Crippen LogP contribution < -0.4 is 0 Å².